The molecule has 1 N–H and O–H groups in total. The molecule has 1 aliphatic heterocycles. The van der Waals surface area contributed by atoms with E-state index < -0.39 is 28.5 Å². The maximum Gasteiger partial charge on any atom is 0.264 e. The van der Waals surface area contributed by atoms with Crippen LogP contribution in [0.5, 0.6) is 11.5 Å². The molecule has 0 saturated heterocycles. The number of ether oxygens (including phenoxy) is 2. The number of nitrogens with zero attached hydrogens (tertiary/aromatic N) is 2. The quantitative estimate of drug-likeness (QED) is 0.307. The number of carbonyl (C=O) groups excluding carboxylic acids is 2. The Morgan fingerprint density at radius 3 is 2.24 bits per heavy atom. The third kappa shape index (κ3) is 7.35. The van der Waals surface area contributed by atoms with Gasteiger partial charge in [0, 0.05) is 23.7 Å². The molecule has 0 fully saturated rings. The van der Waals surface area contributed by atoms with Crippen LogP contribution in [0.3, 0.4) is 0 Å². The number of carbonyl (C=O) groups is 2. The number of benzene rings is 3. The standard InChI is InChI=1S/C31H36ClN3O6S/c1-4-22(3)33-31(37)27(5-2)34(20-23-11-13-24(32)14-12-23)30(36)21-35(42(38,39)26-9-7-6-8-10-26)25-15-16-28-29(19-25)41-18-17-40-28/h6-16,19,22,27H,4-5,17-18,20-21H2,1-3H3,(H,33,37)/t22-,27+/m0/s1. The zero-order chi connectivity index (χ0) is 30.3. The number of halogens is 1. The molecule has 3 aromatic carbocycles. The largest absolute Gasteiger partial charge is 0.486 e. The summed E-state index contributed by atoms with van der Waals surface area (Å²) < 4.78 is 40.4. The fourth-order valence-corrected chi connectivity index (χ4v) is 6.14. The highest BCUT2D eigenvalue weighted by Gasteiger charge is 2.34. The normalized spacial score (nSPS) is 14.0. The lowest BCUT2D eigenvalue weighted by Gasteiger charge is -2.34. The van der Waals surface area contributed by atoms with Crippen LogP contribution in [0.1, 0.15) is 39.2 Å². The molecule has 42 heavy (non-hydrogen) atoms. The molecule has 0 aromatic heterocycles. The van der Waals surface area contributed by atoms with Crippen molar-refractivity contribution in [2.24, 2.45) is 0 Å². The van der Waals surface area contributed by atoms with E-state index in [9.17, 15) is 18.0 Å². The van der Waals surface area contributed by atoms with E-state index in [-0.39, 0.29) is 29.1 Å². The molecule has 1 aliphatic rings. The van der Waals surface area contributed by atoms with Crippen molar-refractivity contribution in [1.82, 2.24) is 10.2 Å². The average molecular weight is 614 g/mol. The molecule has 2 atom stereocenters. The third-order valence-electron chi connectivity index (χ3n) is 7.08. The van der Waals surface area contributed by atoms with E-state index in [0.717, 1.165) is 16.3 Å². The second kappa shape index (κ2) is 13.9. The first kappa shape index (κ1) is 31.2. The van der Waals surface area contributed by atoms with Gasteiger partial charge in [0.15, 0.2) is 11.5 Å². The minimum atomic E-state index is -4.19. The van der Waals surface area contributed by atoms with Gasteiger partial charge in [0.1, 0.15) is 25.8 Å². The molecule has 0 aliphatic carbocycles. The molecule has 0 saturated carbocycles. The highest BCUT2D eigenvalue weighted by atomic mass is 35.5. The Balaban J connectivity index is 1.75. The Hall–Kier alpha value is -3.76. The van der Waals surface area contributed by atoms with Crippen LogP contribution < -0.4 is 19.1 Å². The first-order chi connectivity index (χ1) is 20.1. The van der Waals surface area contributed by atoms with E-state index >= 15 is 0 Å². The topological polar surface area (TPSA) is 105 Å². The maximum absolute atomic E-state index is 14.2. The van der Waals surface area contributed by atoms with Crippen molar-refractivity contribution in [2.75, 3.05) is 24.1 Å². The molecular formula is C31H36ClN3O6S. The van der Waals surface area contributed by atoms with Crippen molar-refractivity contribution in [3.8, 4) is 11.5 Å². The smallest absolute Gasteiger partial charge is 0.264 e. The summed E-state index contributed by atoms with van der Waals surface area (Å²) in [6.45, 7) is 5.92. The average Bonchev–Trinajstić information content (AvgIpc) is 3.00. The zero-order valence-corrected chi connectivity index (χ0v) is 25.5. The van der Waals surface area contributed by atoms with E-state index in [1.54, 1.807) is 60.7 Å². The van der Waals surface area contributed by atoms with Crippen LogP contribution in [0.4, 0.5) is 5.69 Å². The number of hydrogen-bond acceptors (Lipinski definition) is 6. The second-order valence-corrected chi connectivity index (χ2v) is 12.3. The highest BCUT2D eigenvalue weighted by Crippen LogP contribution is 2.36. The van der Waals surface area contributed by atoms with Gasteiger partial charge in [-0.3, -0.25) is 13.9 Å². The molecule has 2 amide bonds. The van der Waals surface area contributed by atoms with Gasteiger partial charge >= 0.3 is 0 Å². The minimum absolute atomic E-state index is 0.0264. The molecule has 4 rings (SSSR count). The van der Waals surface area contributed by atoms with Crippen molar-refractivity contribution in [1.29, 1.82) is 0 Å². The summed E-state index contributed by atoms with van der Waals surface area (Å²) in [5.41, 5.74) is 0.985. The van der Waals surface area contributed by atoms with Gasteiger partial charge in [-0.05, 0) is 61.7 Å². The van der Waals surface area contributed by atoms with E-state index in [2.05, 4.69) is 5.32 Å². The predicted molar refractivity (Wildman–Crippen MR) is 162 cm³/mol. The van der Waals surface area contributed by atoms with Gasteiger partial charge in [-0.15, -0.1) is 0 Å². The number of fused-ring (bicyclic) bond motifs is 1. The summed E-state index contributed by atoms with van der Waals surface area (Å²) in [6, 6.07) is 18.7. The first-order valence-corrected chi connectivity index (χ1v) is 15.8. The molecule has 3 aromatic rings. The van der Waals surface area contributed by atoms with Crippen molar-refractivity contribution in [3.05, 3.63) is 83.4 Å². The lowest BCUT2D eigenvalue weighted by Crippen LogP contribution is -2.53. The Labute approximate surface area is 252 Å². The molecular weight excluding hydrogens is 578 g/mol. The van der Waals surface area contributed by atoms with E-state index in [0.29, 0.717) is 36.2 Å². The lowest BCUT2D eigenvalue weighted by atomic mass is 10.1. The second-order valence-electron chi connectivity index (χ2n) is 10.0. The molecule has 224 valence electrons. The Morgan fingerprint density at radius 1 is 0.929 bits per heavy atom. The first-order valence-electron chi connectivity index (χ1n) is 14.0. The van der Waals surface area contributed by atoms with E-state index in [1.165, 1.54) is 17.0 Å². The van der Waals surface area contributed by atoms with Gasteiger partial charge in [-0.1, -0.05) is 55.8 Å². The van der Waals surface area contributed by atoms with Crippen LogP contribution in [0.2, 0.25) is 5.02 Å². The van der Waals surface area contributed by atoms with Crippen LogP contribution in [-0.4, -0.2) is 57.0 Å². The number of anilines is 1. The number of rotatable bonds is 12. The van der Waals surface area contributed by atoms with Crippen LogP contribution in [0.25, 0.3) is 0 Å². The Bertz CT molecular complexity index is 1480. The van der Waals surface area contributed by atoms with Gasteiger partial charge in [0.2, 0.25) is 11.8 Å². The zero-order valence-electron chi connectivity index (χ0n) is 24.0. The maximum atomic E-state index is 14.2. The Morgan fingerprint density at radius 2 is 1.60 bits per heavy atom. The van der Waals surface area contributed by atoms with Crippen LogP contribution in [-0.2, 0) is 26.2 Å². The molecule has 0 spiro atoms. The Kier molecular flexibility index (Phi) is 10.3. The van der Waals surface area contributed by atoms with Gasteiger partial charge in [0.05, 0.1) is 10.6 Å². The van der Waals surface area contributed by atoms with Crippen molar-refractivity contribution in [2.45, 2.75) is 57.1 Å². The van der Waals surface area contributed by atoms with Crippen LogP contribution >= 0.6 is 11.6 Å². The van der Waals surface area contributed by atoms with Gasteiger partial charge in [-0.2, -0.15) is 0 Å². The minimum Gasteiger partial charge on any atom is -0.486 e. The SMILES string of the molecule is CC[C@H](C(=O)N[C@@H](C)CC)N(Cc1ccc(Cl)cc1)C(=O)CN(c1ccc2c(c1)OCCO2)S(=O)(=O)c1ccccc1. The number of hydrogen-bond donors (Lipinski definition) is 1. The third-order valence-corrected chi connectivity index (χ3v) is 9.12. The predicted octanol–water partition coefficient (Wildman–Crippen LogP) is 5.03. The van der Waals surface area contributed by atoms with Gasteiger partial charge in [0.25, 0.3) is 10.0 Å². The fourth-order valence-electron chi connectivity index (χ4n) is 4.58. The summed E-state index contributed by atoms with van der Waals surface area (Å²) >= 11 is 6.08. The van der Waals surface area contributed by atoms with E-state index in [4.69, 9.17) is 21.1 Å². The summed E-state index contributed by atoms with van der Waals surface area (Å²) in [7, 11) is -4.19. The monoisotopic (exact) mass is 613 g/mol. The van der Waals surface area contributed by atoms with Crippen molar-refractivity contribution in [3.63, 3.8) is 0 Å². The molecule has 0 bridgehead atoms. The van der Waals surface area contributed by atoms with Crippen LogP contribution in [0.15, 0.2) is 77.7 Å². The molecule has 11 heteroatoms. The van der Waals surface area contributed by atoms with Gasteiger partial charge in [-0.25, -0.2) is 8.42 Å². The number of amides is 2. The summed E-state index contributed by atoms with van der Waals surface area (Å²) in [6.07, 6.45) is 1.05. The van der Waals surface area contributed by atoms with Gasteiger partial charge < -0.3 is 19.7 Å². The van der Waals surface area contributed by atoms with Crippen molar-refractivity contribution < 1.29 is 27.5 Å². The van der Waals surface area contributed by atoms with E-state index in [1.807, 2.05) is 20.8 Å². The lowest BCUT2D eigenvalue weighted by molar-refractivity contribution is -0.140. The molecule has 0 radical (unpaired) electrons. The molecule has 9 nitrogen and oxygen atoms in total. The summed E-state index contributed by atoms with van der Waals surface area (Å²) in [5, 5.41) is 3.51. The fraction of sp³-hybridized carbons (Fsp3) is 0.355. The summed E-state index contributed by atoms with van der Waals surface area (Å²) in [5.74, 6) is 0.0406. The molecule has 1 heterocycles. The summed E-state index contributed by atoms with van der Waals surface area (Å²) in [4.78, 5) is 29.0. The highest BCUT2D eigenvalue weighted by molar-refractivity contribution is 7.92. The van der Waals surface area contributed by atoms with Crippen molar-refractivity contribution >= 4 is 39.1 Å². The van der Waals surface area contributed by atoms with Crippen LogP contribution in [0, 0.1) is 0 Å². The number of sulfonamides is 1. The molecule has 0 unspecified atom stereocenters. The number of nitrogens with one attached hydrogen (secondary N) is 1.